The van der Waals surface area contributed by atoms with Gasteiger partial charge in [0, 0.05) is 6.54 Å². The molecule has 0 aliphatic heterocycles. The third-order valence-corrected chi connectivity index (χ3v) is 4.51. The first-order valence-electron chi connectivity index (χ1n) is 6.48. The van der Waals surface area contributed by atoms with Crippen LogP contribution in [0, 0.1) is 0 Å². The largest absolute Gasteiger partial charge is 0.478 e. The SMILES string of the molecule is O=C(O)c1ccc(-c2ccc(S(=O)(=O)NCCO)cc2)cc1. The molecule has 0 fully saturated rings. The van der Waals surface area contributed by atoms with Crippen molar-refractivity contribution in [3.05, 3.63) is 54.1 Å². The first kappa shape index (κ1) is 16.2. The Morgan fingerprint density at radius 2 is 1.45 bits per heavy atom. The normalized spacial score (nSPS) is 11.3. The van der Waals surface area contributed by atoms with Gasteiger partial charge in [-0.15, -0.1) is 0 Å². The van der Waals surface area contributed by atoms with E-state index < -0.39 is 16.0 Å². The molecular weight excluding hydrogens is 306 g/mol. The van der Waals surface area contributed by atoms with Crippen LogP contribution >= 0.6 is 0 Å². The van der Waals surface area contributed by atoms with Gasteiger partial charge in [0.25, 0.3) is 0 Å². The highest BCUT2D eigenvalue weighted by Gasteiger charge is 2.13. The zero-order valence-electron chi connectivity index (χ0n) is 11.6. The second-order valence-electron chi connectivity index (χ2n) is 4.53. The Bertz CT molecular complexity index is 752. The average molecular weight is 321 g/mol. The van der Waals surface area contributed by atoms with Gasteiger partial charge in [0.05, 0.1) is 17.1 Å². The quantitative estimate of drug-likeness (QED) is 0.744. The number of sulfonamides is 1. The van der Waals surface area contributed by atoms with Gasteiger partial charge in [-0.1, -0.05) is 24.3 Å². The Hall–Kier alpha value is -2.22. The number of benzene rings is 2. The Morgan fingerprint density at radius 3 is 1.91 bits per heavy atom. The van der Waals surface area contributed by atoms with Crippen molar-refractivity contribution in [1.29, 1.82) is 0 Å². The molecule has 0 saturated heterocycles. The summed E-state index contributed by atoms with van der Waals surface area (Å²) in [5.41, 5.74) is 1.76. The Balaban J connectivity index is 2.23. The lowest BCUT2D eigenvalue weighted by atomic mass is 10.0. The highest BCUT2D eigenvalue weighted by atomic mass is 32.2. The van der Waals surface area contributed by atoms with Crippen LogP contribution in [-0.4, -0.2) is 37.8 Å². The van der Waals surface area contributed by atoms with E-state index in [1.807, 2.05) is 0 Å². The first-order valence-corrected chi connectivity index (χ1v) is 7.96. The Morgan fingerprint density at radius 1 is 0.955 bits per heavy atom. The Kier molecular flexibility index (Phi) is 4.92. The fraction of sp³-hybridized carbons (Fsp3) is 0.133. The predicted octanol–water partition coefficient (Wildman–Crippen LogP) is 1.32. The fourth-order valence-electron chi connectivity index (χ4n) is 1.90. The molecule has 6 nitrogen and oxygen atoms in total. The molecule has 0 radical (unpaired) electrons. The summed E-state index contributed by atoms with van der Waals surface area (Å²) in [5, 5.41) is 17.5. The van der Waals surface area contributed by atoms with Gasteiger partial charge in [0.1, 0.15) is 0 Å². The zero-order valence-corrected chi connectivity index (χ0v) is 12.4. The van der Waals surface area contributed by atoms with Crippen LogP contribution in [0.1, 0.15) is 10.4 Å². The molecule has 3 N–H and O–H groups in total. The lowest BCUT2D eigenvalue weighted by molar-refractivity contribution is 0.0697. The van der Waals surface area contributed by atoms with E-state index in [4.69, 9.17) is 10.2 Å². The molecule has 0 bridgehead atoms. The van der Waals surface area contributed by atoms with Crippen molar-refractivity contribution < 1.29 is 23.4 Å². The van der Waals surface area contributed by atoms with E-state index >= 15 is 0 Å². The number of carboxylic acid groups (broad SMARTS) is 1. The molecule has 0 atom stereocenters. The van der Waals surface area contributed by atoms with Crippen LogP contribution in [0.25, 0.3) is 11.1 Å². The van der Waals surface area contributed by atoms with E-state index in [0.717, 1.165) is 11.1 Å². The molecule has 2 aromatic rings. The maximum atomic E-state index is 11.9. The molecule has 2 aromatic carbocycles. The average Bonchev–Trinajstić information content (AvgIpc) is 2.53. The van der Waals surface area contributed by atoms with Gasteiger partial charge in [-0.05, 0) is 35.4 Å². The molecule has 0 amide bonds. The van der Waals surface area contributed by atoms with Crippen molar-refractivity contribution in [1.82, 2.24) is 4.72 Å². The fourth-order valence-corrected chi connectivity index (χ4v) is 2.92. The topological polar surface area (TPSA) is 104 Å². The third kappa shape index (κ3) is 3.70. The Labute approximate surface area is 128 Å². The summed E-state index contributed by atoms with van der Waals surface area (Å²) in [6.45, 7) is -0.312. The van der Waals surface area contributed by atoms with Crippen molar-refractivity contribution in [2.45, 2.75) is 4.90 Å². The van der Waals surface area contributed by atoms with Gasteiger partial charge >= 0.3 is 5.97 Å². The first-order chi connectivity index (χ1) is 10.4. The van der Waals surface area contributed by atoms with Crippen molar-refractivity contribution >= 4 is 16.0 Å². The molecular formula is C15H15NO5S. The second-order valence-corrected chi connectivity index (χ2v) is 6.30. The third-order valence-electron chi connectivity index (χ3n) is 3.03. The van der Waals surface area contributed by atoms with Crippen LogP contribution in [0.4, 0.5) is 0 Å². The van der Waals surface area contributed by atoms with Gasteiger partial charge in [-0.2, -0.15) is 0 Å². The number of hydrogen-bond donors (Lipinski definition) is 3. The maximum absolute atomic E-state index is 11.9. The standard InChI is InChI=1S/C15H15NO5S/c17-10-9-16-22(20,21)14-7-5-12(6-8-14)11-1-3-13(4-2-11)15(18)19/h1-8,16-17H,9-10H2,(H,18,19). The minimum absolute atomic E-state index is 0.0409. The molecule has 0 aliphatic rings. The van der Waals surface area contributed by atoms with E-state index in [2.05, 4.69) is 4.72 Å². The van der Waals surface area contributed by atoms with E-state index in [1.54, 1.807) is 24.3 Å². The molecule has 7 heteroatoms. The van der Waals surface area contributed by atoms with Gasteiger partial charge in [-0.3, -0.25) is 0 Å². The van der Waals surface area contributed by atoms with Crippen LogP contribution in [0.15, 0.2) is 53.4 Å². The van der Waals surface area contributed by atoms with Gasteiger partial charge < -0.3 is 10.2 Å². The smallest absolute Gasteiger partial charge is 0.335 e. The molecule has 0 saturated carbocycles. The minimum Gasteiger partial charge on any atom is -0.478 e. The number of carboxylic acids is 1. The van der Waals surface area contributed by atoms with E-state index in [0.29, 0.717) is 0 Å². The summed E-state index contributed by atoms with van der Waals surface area (Å²) >= 11 is 0. The van der Waals surface area contributed by atoms with Crippen molar-refractivity contribution in [3.63, 3.8) is 0 Å². The lowest BCUT2D eigenvalue weighted by Crippen LogP contribution is -2.26. The second kappa shape index (κ2) is 6.69. The summed E-state index contributed by atoms with van der Waals surface area (Å²) in [5.74, 6) is -0.997. The lowest BCUT2D eigenvalue weighted by Gasteiger charge is -2.07. The number of aliphatic hydroxyl groups excluding tert-OH is 1. The number of aromatic carboxylic acids is 1. The maximum Gasteiger partial charge on any atom is 0.335 e. The summed E-state index contributed by atoms with van der Waals surface area (Å²) in [6, 6.07) is 12.5. The van der Waals surface area contributed by atoms with Crippen molar-refractivity contribution in [2.24, 2.45) is 0 Å². The number of hydrogen-bond acceptors (Lipinski definition) is 4. The molecule has 116 valence electrons. The summed E-state index contributed by atoms with van der Waals surface area (Å²) in [7, 11) is -3.63. The summed E-state index contributed by atoms with van der Waals surface area (Å²) in [4.78, 5) is 10.9. The van der Waals surface area contributed by atoms with Crippen molar-refractivity contribution in [3.8, 4) is 11.1 Å². The molecule has 2 rings (SSSR count). The van der Waals surface area contributed by atoms with Crippen LogP contribution in [0.3, 0.4) is 0 Å². The highest BCUT2D eigenvalue weighted by Crippen LogP contribution is 2.21. The zero-order chi connectivity index (χ0) is 16.2. The molecule has 0 unspecified atom stereocenters. The number of aliphatic hydroxyl groups is 1. The van der Waals surface area contributed by atoms with Gasteiger partial charge in [0.15, 0.2) is 0 Å². The van der Waals surface area contributed by atoms with E-state index in [-0.39, 0.29) is 23.6 Å². The number of carbonyl (C=O) groups is 1. The van der Waals surface area contributed by atoms with Gasteiger partial charge in [0.2, 0.25) is 10.0 Å². The van der Waals surface area contributed by atoms with E-state index in [1.165, 1.54) is 24.3 Å². The molecule has 22 heavy (non-hydrogen) atoms. The molecule has 0 spiro atoms. The van der Waals surface area contributed by atoms with Crippen LogP contribution in [-0.2, 0) is 10.0 Å². The monoisotopic (exact) mass is 321 g/mol. The summed E-state index contributed by atoms with van der Waals surface area (Å²) in [6.07, 6.45) is 0. The predicted molar refractivity (Wildman–Crippen MR) is 81.1 cm³/mol. The minimum atomic E-state index is -3.63. The van der Waals surface area contributed by atoms with E-state index in [9.17, 15) is 13.2 Å². The van der Waals surface area contributed by atoms with Crippen LogP contribution in [0.2, 0.25) is 0 Å². The number of rotatable bonds is 6. The van der Waals surface area contributed by atoms with Crippen LogP contribution in [0.5, 0.6) is 0 Å². The van der Waals surface area contributed by atoms with Gasteiger partial charge in [-0.25, -0.2) is 17.9 Å². The molecule has 0 heterocycles. The van der Waals surface area contributed by atoms with Crippen molar-refractivity contribution in [2.75, 3.05) is 13.2 Å². The molecule has 0 aromatic heterocycles. The van der Waals surface area contributed by atoms with Crippen LogP contribution < -0.4 is 4.72 Å². The highest BCUT2D eigenvalue weighted by molar-refractivity contribution is 7.89. The number of nitrogens with one attached hydrogen (secondary N) is 1. The molecule has 0 aliphatic carbocycles. The summed E-state index contributed by atoms with van der Waals surface area (Å²) < 4.78 is 26.0.